The van der Waals surface area contributed by atoms with Gasteiger partial charge in [0.1, 0.15) is 5.82 Å². The fourth-order valence-electron chi connectivity index (χ4n) is 1.64. The first-order valence-corrected chi connectivity index (χ1v) is 6.12. The van der Waals surface area contributed by atoms with Gasteiger partial charge in [0.15, 0.2) is 0 Å². The molecule has 3 nitrogen and oxygen atoms in total. The highest BCUT2D eigenvalue weighted by Crippen LogP contribution is 2.10. The van der Waals surface area contributed by atoms with E-state index in [9.17, 15) is 9.18 Å². The Morgan fingerprint density at radius 3 is 2.72 bits per heavy atom. The Morgan fingerprint density at radius 1 is 1.44 bits per heavy atom. The third-order valence-corrected chi connectivity index (χ3v) is 2.75. The second kappa shape index (κ2) is 6.50. The van der Waals surface area contributed by atoms with Gasteiger partial charge in [-0.25, -0.2) is 4.39 Å². The summed E-state index contributed by atoms with van der Waals surface area (Å²) in [6, 6.07) is 4.58. The number of hydrogen-bond acceptors (Lipinski definition) is 2. The molecule has 0 saturated heterocycles. The van der Waals surface area contributed by atoms with Crippen molar-refractivity contribution in [1.82, 2.24) is 10.2 Å². The molecule has 100 valence electrons. The zero-order chi connectivity index (χ0) is 13.7. The zero-order valence-electron chi connectivity index (χ0n) is 11.5. The third kappa shape index (κ3) is 4.45. The number of hydrogen-bond donors (Lipinski definition) is 1. The maximum absolute atomic E-state index is 13.5. The van der Waals surface area contributed by atoms with Crippen molar-refractivity contribution in [1.29, 1.82) is 0 Å². The van der Waals surface area contributed by atoms with E-state index in [4.69, 9.17) is 0 Å². The standard InChI is InChI=1S/C14H21FN2O/c1-10-5-6-13(15)12(9-10)14(18)16-11(2)7-8-17(3)4/h5-6,9,11H,7-8H2,1-4H3,(H,16,18). The second-order valence-corrected chi connectivity index (χ2v) is 4.95. The summed E-state index contributed by atoms with van der Waals surface area (Å²) in [6.07, 6.45) is 0.839. The van der Waals surface area contributed by atoms with Crippen LogP contribution in [-0.4, -0.2) is 37.5 Å². The normalized spacial score (nSPS) is 12.6. The summed E-state index contributed by atoms with van der Waals surface area (Å²) in [5.74, 6) is -0.819. The van der Waals surface area contributed by atoms with Gasteiger partial charge < -0.3 is 10.2 Å². The Morgan fingerprint density at radius 2 is 2.11 bits per heavy atom. The van der Waals surface area contributed by atoms with Crippen molar-refractivity contribution in [3.8, 4) is 0 Å². The average molecular weight is 252 g/mol. The Hall–Kier alpha value is -1.42. The predicted molar refractivity (Wildman–Crippen MR) is 71.2 cm³/mol. The first-order chi connectivity index (χ1) is 8.40. The lowest BCUT2D eigenvalue weighted by molar-refractivity contribution is 0.0932. The van der Waals surface area contributed by atoms with E-state index >= 15 is 0 Å². The fraction of sp³-hybridized carbons (Fsp3) is 0.500. The maximum Gasteiger partial charge on any atom is 0.254 e. The van der Waals surface area contributed by atoms with Gasteiger partial charge in [0, 0.05) is 6.04 Å². The van der Waals surface area contributed by atoms with Crippen molar-refractivity contribution < 1.29 is 9.18 Å². The number of rotatable bonds is 5. The number of amides is 1. The Bertz CT molecular complexity index is 418. The highest BCUT2D eigenvalue weighted by molar-refractivity contribution is 5.94. The highest BCUT2D eigenvalue weighted by atomic mass is 19.1. The van der Waals surface area contributed by atoms with E-state index in [-0.39, 0.29) is 17.5 Å². The van der Waals surface area contributed by atoms with Crippen molar-refractivity contribution >= 4 is 5.91 Å². The molecule has 0 heterocycles. The molecule has 1 aromatic carbocycles. The van der Waals surface area contributed by atoms with Gasteiger partial charge in [0.2, 0.25) is 0 Å². The van der Waals surface area contributed by atoms with E-state index in [0.29, 0.717) is 0 Å². The van der Waals surface area contributed by atoms with Crippen LogP contribution in [0, 0.1) is 12.7 Å². The van der Waals surface area contributed by atoms with Gasteiger partial charge in [0.25, 0.3) is 5.91 Å². The summed E-state index contributed by atoms with van der Waals surface area (Å²) < 4.78 is 13.5. The molecule has 0 aliphatic rings. The van der Waals surface area contributed by atoms with E-state index in [1.165, 1.54) is 6.07 Å². The average Bonchev–Trinajstić information content (AvgIpc) is 2.29. The van der Waals surface area contributed by atoms with Crippen LogP contribution in [0.25, 0.3) is 0 Å². The largest absolute Gasteiger partial charge is 0.349 e. The Balaban J connectivity index is 2.62. The summed E-state index contributed by atoms with van der Waals surface area (Å²) in [5.41, 5.74) is 0.995. The molecule has 1 unspecified atom stereocenters. The number of benzene rings is 1. The summed E-state index contributed by atoms with van der Waals surface area (Å²) >= 11 is 0. The second-order valence-electron chi connectivity index (χ2n) is 4.95. The van der Waals surface area contributed by atoms with Gasteiger partial charge in [0.05, 0.1) is 5.56 Å². The molecule has 0 radical (unpaired) electrons. The van der Waals surface area contributed by atoms with Gasteiger partial charge in [-0.05, 0) is 53.0 Å². The van der Waals surface area contributed by atoms with E-state index in [1.54, 1.807) is 12.1 Å². The van der Waals surface area contributed by atoms with Crippen LogP contribution >= 0.6 is 0 Å². The van der Waals surface area contributed by atoms with Crippen LogP contribution in [-0.2, 0) is 0 Å². The lowest BCUT2D eigenvalue weighted by atomic mass is 10.1. The molecule has 0 spiro atoms. The van der Waals surface area contributed by atoms with Gasteiger partial charge in [-0.1, -0.05) is 11.6 Å². The van der Waals surface area contributed by atoms with E-state index in [1.807, 2.05) is 27.9 Å². The zero-order valence-corrected chi connectivity index (χ0v) is 11.5. The molecule has 0 saturated carbocycles. The molecule has 1 amide bonds. The monoisotopic (exact) mass is 252 g/mol. The summed E-state index contributed by atoms with van der Waals surface area (Å²) in [4.78, 5) is 14.0. The smallest absolute Gasteiger partial charge is 0.254 e. The maximum atomic E-state index is 13.5. The third-order valence-electron chi connectivity index (χ3n) is 2.75. The van der Waals surface area contributed by atoms with Crippen molar-refractivity contribution in [3.63, 3.8) is 0 Å². The minimum Gasteiger partial charge on any atom is -0.349 e. The lowest BCUT2D eigenvalue weighted by Crippen LogP contribution is -2.35. The topological polar surface area (TPSA) is 32.3 Å². The van der Waals surface area contributed by atoms with Crippen LogP contribution in [0.2, 0.25) is 0 Å². The molecular weight excluding hydrogens is 231 g/mol. The molecule has 18 heavy (non-hydrogen) atoms. The highest BCUT2D eigenvalue weighted by Gasteiger charge is 2.14. The fourth-order valence-corrected chi connectivity index (χ4v) is 1.64. The van der Waals surface area contributed by atoms with Gasteiger partial charge in [-0.3, -0.25) is 4.79 Å². The molecule has 0 aliphatic heterocycles. The number of carbonyl (C=O) groups is 1. The minimum atomic E-state index is -0.474. The van der Waals surface area contributed by atoms with E-state index < -0.39 is 5.82 Å². The molecule has 4 heteroatoms. The minimum absolute atomic E-state index is 0.0276. The van der Waals surface area contributed by atoms with Crippen LogP contribution in [0.3, 0.4) is 0 Å². The van der Waals surface area contributed by atoms with Gasteiger partial charge >= 0.3 is 0 Å². The van der Waals surface area contributed by atoms with Crippen LogP contribution < -0.4 is 5.32 Å². The van der Waals surface area contributed by atoms with Crippen LogP contribution in [0.4, 0.5) is 4.39 Å². The number of nitrogens with one attached hydrogen (secondary N) is 1. The molecular formula is C14H21FN2O. The molecule has 1 N–H and O–H groups in total. The molecule has 0 aliphatic carbocycles. The molecule has 1 atom stereocenters. The van der Waals surface area contributed by atoms with Gasteiger partial charge in [-0.2, -0.15) is 0 Å². The molecule has 0 fully saturated rings. The van der Waals surface area contributed by atoms with Gasteiger partial charge in [-0.15, -0.1) is 0 Å². The van der Waals surface area contributed by atoms with Crippen LogP contribution in [0.15, 0.2) is 18.2 Å². The SMILES string of the molecule is Cc1ccc(F)c(C(=O)NC(C)CCN(C)C)c1. The van der Waals surface area contributed by atoms with Crippen molar-refractivity contribution in [2.24, 2.45) is 0 Å². The number of nitrogens with zero attached hydrogens (tertiary/aromatic N) is 1. The quantitative estimate of drug-likeness (QED) is 0.871. The first kappa shape index (κ1) is 14.6. The first-order valence-electron chi connectivity index (χ1n) is 6.12. The molecule has 1 rings (SSSR count). The number of carbonyl (C=O) groups excluding carboxylic acids is 1. The lowest BCUT2D eigenvalue weighted by Gasteiger charge is -2.17. The van der Waals surface area contributed by atoms with Crippen molar-refractivity contribution in [2.45, 2.75) is 26.3 Å². The Labute approximate surface area is 108 Å². The van der Waals surface area contributed by atoms with Crippen molar-refractivity contribution in [2.75, 3.05) is 20.6 Å². The number of halogens is 1. The molecule has 1 aromatic rings. The predicted octanol–water partition coefficient (Wildman–Crippen LogP) is 2.20. The summed E-state index contributed by atoms with van der Waals surface area (Å²) in [7, 11) is 3.96. The summed E-state index contributed by atoms with van der Waals surface area (Å²) in [5, 5.41) is 2.81. The van der Waals surface area contributed by atoms with Crippen molar-refractivity contribution in [3.05, 3.63) is 35.1 Å². The number of aryl methyl sites for hydroxylation is 1. The molecule has 0 aromatic heterocycles. The summed E-state index contributed by atoms with van der Waals surface area (Å²) in [6.45, 7) is 4.65. The Kier molecular flexibility index (Phi) is 5.28. The van der Waals surface area contributed by atoms with Crippen LogP contribution in [0.1, 0.15) is 29.3 Å². The van der Waals surface area contributed by atoms with E-state index in [0.717, 1.165) is 18.5 Å². The molecule has 0 bridgehead atoms. The van der Waals surface area contributed by atoms with E-state index in [2.05, 4.69) is 10.2 Å². The van der Waals surface area contributed by atoms with Crippen LogP contribution in [0.5, 0.6) is 0 Å².